The number of fused-ring (bicyclic) bond motifs is 1. The first kappa shape index (κ1) is 10.8. The highest BCUT2D eigenvalue weighted by atomic mass is 16.5. The van der Waals surface area contributed by atoms with Crippen molar-refractivity contribution in [2.75, 3.05) is 11.9 Å². The van der Waals surface area contributed by atoms with Crippen LogP contribution in [0.4, 0.5) is 5.82 Å². The van der Waals surface area contributed by atoms with Crippen LogP contribution in [0.15, 0.2) is 39.6 Å². The van der Waals surface area contributed by atoms with Crippen molar-refractivity contribution in [2.24, 2.45) is 0 Å². The predicted molar refractivity (Wildman–Crippen MR) is 67.4 cm³/mol. The molecule has 3 rings (SSSR count). The van der Waals surface area contributed by atoms with Crippen LogP contribution in [0.3, 0.4) is 0 Å². The number of pyridine rings is 1. The van der Waals surface area contributed by atoms with Crippen LogP contribution in [0.2, 0.25) is 0 Å². The Morgan fingerprint density at radius 3 is 3.00 bits per heavy atom. The number of anilines is 1. The lowest BCUT2D eigenvalue weighted by Crippen LogP contribution is -2.17. The Hall–Kier alpha value is -2.30. The lowest BCUT2D eigenvalue weighted by atomic mass is 10.3. The molecule has 0 spiro atoms. The van der Waals surface area contributed by atoms with Crippen LogP contribution in [0.1, 0.15) is 11.5 Å². The van der Waals surface area contributed by atoms with E-state index in [1.165, 1.54) is 0 Å². The predicted octanol–water partition coefficient (Wildman–Crippen LogP) is 2.76. The first-order valence-corrected chi connectivity index (χ1v) is 5.69. The van der Waals surface area contributed by atoms with Crippen molar-refractivity contribution < 1.29 is 8.94 Å². The Morgan fingerprint density at radius 1 is 1.33 bits per heavy atom. The van der Waals surface area contributed by atoms with Gasteiger partial charge in [-0.2, -0.15) is 0 Å². The van der Waals surface area contributed by atoms with Crippen molar-refractivity contribution in [1.82, 2.24) is 10.1 Å². The van der Waals surface area contributed by atoms with Gasteiger partial charge in [-0.25, -0.2) is 4.98 Å². The van der Waals surface area contributed by atoms with E-state index in [2.05, 4.69) is 10.1 Å². The van der Waals surface area contributed by atoms with Crippen LogP contribution in [0, 0.1) is 6.92 Å². The average molecular weight is 243 g/mol. The van der Waals surface area contributed by atoms with Gasteiger partial charge in [0.05, 0.1) is 18.2 Å². The Morgan fingerprint density at radius 2 is 2.22 bits per heavy atom. The van der Waals surface area contributed by atoms with Gasteiger partial charge in [-0.3, -0.25) is 0 Å². The first-order chi connectivity index (χ1) is 8.74. The van der Waals surface area contributed by atoms with Crippen LogP contribution < -0.4 is 4.90 Å². The molecule has 0 radical (unpaired) electrons. The van der Waals surface area contributed by atoms with E-state index in [-0.39, 0.29) is 0 Å². The maximum absolute atomic E-state index is 5.36. The molecular formula is C13H13N3O2. The van der Waals surface area contributed by atoms with E-state index in [1.807, 2.05) is 37.1 Å². The van der Waals surface area contributed by atoms with Crippen LogP contribution in [0.5, 0.6) is 0 Å². The fraction of sp³-hybridized carbons (Fsp3) is 0.231. The highest BCUT2D eigenvalue weighted by Gasteiger charge is 2.11. The average Bonchev–Trinajstić information content (AvgIpc) is 2.97. The summed E-state index contributed by atoms with van der Waals surface area (Å²) in [6, 6.07) is 5.70. The van der Waals surface area contributed by atoms with Gasteiger partial charge in [-0.15, -0.1) is 0 Å². The summed E-state index contributed by atoms with van der Waals surface area (Å²) in [5.74, 6) is 1.69. The molecule has 92 valence electrons. The summed E-state index contributed by atoms with van der Waals surface area (Å²) in [5, 5.41) is 4.98. The first-order valence-electron chi connectivity index (χ1n) is 5.69. The van der Waals surface area contributed by atoms with Gasteiger partial charge in [-0.05, 0) is 19.1 Å². The van der Waals surface area contributed by atoms with E-state index in [0.29, 0.717) is 6.54 Å². The molecule has 0 amide bonds. The molecule has 0 aliphatic heterocycles. The fourth-order valence-corrected chi connectivity index (χ4v) is 1.99. The van der Waals surface area contributed by atoms with Crippen molar-refractivity contribution in [1.29, 1.82) is 0 Å². The number of furan rings is 1. The van der Waals surface area contributed by atoms with Gasteiger partial charge in [0.1, 0.15) is 22.9 Å². The van der Waals surface area contributed by atoms with Gasteiger partial charge < -0.3 is 13.8 Å². The van der Waals surface area contributed by atoms with Crippen molar-refractivity contribution in [3.05, 3.63) is 42.1 Å². The Bertz CT molecular complexity index is 671. The molecule has 0 atom stereocenters. The largest absolute Gasteiger partial charge is 0.464 e. The molecule has 5 nitrogen and oxygen atoms in total. The molecule has 0 unspecified atom stereocenters. The minimum atomic E-state index is 0.647. The minimum Gasteiger partial charge on any atom is -0.464 e. The summed E-state index contributed by atoms with van der Waals surface area (Å²) in [6.07, 6.45) is 3.41. The second-order valence-electron chi connectivity index (χ2n) is 4.25. The number of aromatic nitrogens is 2. The number of rotatable bonds is 3. The standard InChI is InChI=1S/C13H13N3O2/c1-9-7-10(15-18-9)8-16(2)13-11-4-6-17-12(11)3-5-14-13/h3-7H,8H2,1-2H3. The molecule has 5 heteroatoms. The molecule has 0 saturated carbocycles. The van der Waals surface area contributed by atoms with E-state index >= 15 is 0 Å². The molecule has 3 aromatic heterocycles. The van der Waals surface area contributed by atoms with Gasteiger partial charge >= 0.3 is 0 Å². The summed E-state index contributed by atoms with van der Waals surface area (Å²) >= 11 is 0. The molecule has 3 aromatic rings. The highest BCUT2D eigenvalue weighted by Crippen LogP contribution is 2.25. The molecular weight excluding hydrogens is 230 g/mol. The third-order valence-corrected chi connectivity index (χ3v) is 2.80. The molecule has 3 heterocycles. The molecule has 0 aromatic carbocycles. The number of aryl methyl sites for hydroxylation is 1. The molecule has 0 N–H and O–H groups in total. The molecule has 0 aliphatic carbocycles. The van der Waals surface area contributed by atoms with Crippen LogP contribution in [-0.2, 0) is 6.54 Å². The van der Waals surface area contributed by atoms with E-state index in [4.69, 9.17) is 8.94 Å². The van der Waals surface area contributed by atoms with Gasteiger partial charge in [0.25, 0.3) is 0 Å². The van der Waals surface area contributed by atoms with Gasteiger partial charge in [0.15, 0.2) is 0 Å². The Kier molecular flexibility index (Phi) is 2.51. The Labute approximate surface area is 104 Å². The maximum Gasteiger partial charge on any atom is 0.139 e. The molecule has 0 bridgehead atoms. The zero-order valence-corrected chi connectivity index (χ0v) is 10.3. The second kappa shape index (κ2) is 4.18. The highest BCUT2D eigenvalue weighted by molar-refractivity contribution is 5.88. The van der Waals surface area contributed by atoms with E-state index in [1.54, 1.807) is 12.5 Å². The topological polar surface area (TPSA) is 55.3 Å². The summed E-state index contributed by atoms with van der Waals surface area (Å²) in [6.45, 7) is 2.53. The summed E-state index contributed by atoms with van der Waals surface area (Å²) in [5.41, 5.74) is 1.72. The molecule has 0 aliphatic rings. The third kappa shape index (κ3) is 1.84. The van der Waals surface area contributed by atoms with E-state index in [9.17, 15) is 0 Å². The van der Waals surface area contributed by atoms with Gasteiger partial charge in [0.2, 0.25) is 0 Å². The van der Waals surface area contributed by atoms with Crippen molar-refractivity contribution >= 4 is 16.8 Å². The molecule has 0 fully saturated rings. The summed E-state index contributed by atoms with van der Waals surface area (Å²) in [4.78, 5) is 6.41. The van der Waals surface area contributed by atoms with Gasteiger partial charge in [-0.1, -0.05) is 5.16 Å². The van der Waals surface area contributed by atoms with E-state index in [0.717, 1.165) is 28.2 Å². The van der Waals surface area contributed by atoms with Crippen LogP contribution >= 0.6 is 0 Å². The van der Waals surface area contributed by atoms with Crippen molar-refractivity contribution in [3.63, 3.8) is 0 Å². The minimum absolute atomic E-state index is 0.647. The zero-order chi connectivity index (χ0) is 12.5. The summed E-state index contributed by atoms with van der Waals surface area (Å²) < 4.78 is 10.4. The van der Waals surface area contributed by atoms with Crippen LogP contribution in [-0.4, -0.2) is 17.2 Å². The lowest BCUT2D eigenvalue weighted by molar-refractivity contribution is 0.390. The number of hydrogen-bond donors (Lipinski definition) is 0. The fourth-order valence-electron chi connectivity index (χ4n) is 1.99. The van der Waals surface area contributed by atoms with E-state index < -0.39 is 0 Å². The third-order valence-electron chi connectivity index (χ3n) is 2.80. The monoisotopic (exact) mass is 243 g/mol. The summed E-state index contributed by atoms with van der Waals surface area (Å²) in [7, 11) is 1.97. The SMILES string of the molecule is Cc1cc(CN(C)c2nccc3occc23)no1. The maximum atomic E-state index is 5.36. The normalized spacial score (nSPS) is 11.0. The zero-order valence-electron chi connectivity index (χ0n) is 10.3. The Balaban J connectivity index is 1.92. The van der Waals surface area contributed by atoms with Crippen molar-refractivity contribution in [2.45, 2.75) is 13.5 Å². The number of hydrogen-bond acceptors (Lipinski definition) is 5. The van der Waals surface area contributed by atoms with Crippen LogP contribution in [0.25, 0.3) is 11.0 Å². The van der Waals surface area contributed by atoms with Crippen molar-refractivity contribution in [3.8, 4) is 0 Å². The number of nitrogens with zero attached hydrogens (tertiary/aromatic N) is 3. The smallest absolute Gasteiger partial charge is 0.139 e. The second-order valence-corrected chi connectivity index (χ2v) is 4.25. The molecule has 18 heavy (non-hydrogen) atoms. The molecule has 0 saturated heterocycles. The van der Waals surface area contributed by atoms with Gasteiger partial charge in [0, 0.05) is 19.3 Å². The lowest BCUT2D eigenvalue weighted by Gasteiger charge is -2.16. The quantitative estimate of drug-likeness (QED) is 0.708.